The van der Waals surface area contributed by atoms with Gasteiger partial charge < -0.3 is 10.6 Å². The molecule has 2 N–H and O–H groups in total. The maximum atomic E-state index is 13.0. The van der Waals surface area contributed by atoms with Gasteiger partial charge in [-0.05, 0) is 41.5 Å². The van der Waals surface area contributed by atoms with Crippen LogP contribution in [0.2, 0.25) is 5.02 Å². The summed E-state index contributed by atoms with van der Waals surface area (Å²) in [5.74, 6) is -0.744. The first-order chi connectivity index (χ1) is 13.9. The van der Waals surface area contributed by atoms with Crippen molar-refractivity contribution in [2.24, 2.45) is 0 Å². The van der Waals surface area contributed by atoms with E-state index in [0.29, 0.717) is 10.6 Å². The van der Waals surface area contributed by atoms with Crippen molar-refractivity contribution < 1.29 is 14.4 Å². The van der Waals surface area contributed by atoms with E-state index in [-0.39, 0.29) is 5.82 Å². The highest BCUT2D eigenvalue weighted by atomic mass is 35.5. The van der Waals surface area contributed by atoms with Gasteiger partial charge in [0.1, 0.15) is 17.9 Å². The monoisotopic (exact) mass is 408 g/mol. The zero-order valence-corrected chi connectivity index (χ0v) is 16.2. The van der Waals surface area contributed by atoms with Gasteiger partial charge in [0.05, 0.1) is 5.02 Å². The largest absolute Gasteiger partial charge is 0.325 e. The maximum Gasteiger partial charge on any atom is 0.325 e. The van der Waals surface area contributed by atoms with Gasteiger partial charge in [0.2, 0.25) is 5.91 Å². The molecule has 3 aromatic rings. The van der Waals surface area contributed by atoms with Crippen LogP contribution in [0, 0.1) is 0 Å². The Balaban J connectivity index is 1.54. The number of fused-ring (bicyclic) bond motifs is 1. The number of benzene rings is 2. The number of aromatic nitrogens is 1. The molecule has 0 spiro atoms. The Kier molecular flexibility index (Phi) is 4.68. The van der Waals surface area contributed by atoms with Crippen molar-refractivity contribution in [1.29, 1.82) is 0 Å². The molecule has 0 aliphatic carbocycles. The standard InChI is InChI=1S/C21H17ClN4O3/c1-21(15-7-6-13-4-2-3-5-14(13)10-15)19(28)26(20(29)25-21)12-18(27)24-17-9-8-16(22)11-23-17/h2-11H,12H2,1H3,(H,25,29)(H,23,24,27). The summed E-state index contributed by atoms with van der Waals surface area (Å²) in [6, 6.07) is 15.8. The Labute approximate surface area is 171 Å². The fourth-order valence-electron chi connectivity index (χ4n) is 3.31. The van der Waals surface area contributed by atoms with E-state index in [1.807, 2.05) is 42.5 Å². The molecule has 29 heavy (non-hydrogen) atoms. The van der Waals surface area contributed by atoms with Crippen LogP contribution in [0.3, 0.4) is 0 Å². The van der Waals surface area contributed by atoms with E-state index in [4.69, 9.17) is 11.6 Å². The molecule has 1 aliphatic heterocycles. The van der Waals surface area contributed by atoms with E-state index in [1.54, 1.807) is 13.0 Å². The molecular formula is C21H17ClN4O3. The topological polar surface area (TPSA) is 91.4 Å². The van der Waals surface area contributed by atoms with Gasteiger partial charge in [0, 0.05) is 6.20 Å². The first kappa shape index (κ1) is 18.9. The first-order valence-corrected chi connectivity index (χ1v) is 9.29. The molecule has 8 heteroatoms. The molecule has 4 amide bonds. The van der Waals surface area contributed by atoms with Gasteiger partial charge in [-0.2, -0.15) is 0 Å². The second kappa shape index (κ2) is 7.18. The lowest BCUT2D eigenvalue weighted by molar-refractivity contribution is -0.133. The van der Waals surface area contributed by atoms with Crippen molar-refractivity contribution in [2.75, 3.05) is 11.9 Å². The third-order valence-electron chi connectivity index (χ3n) is 4.90. The predicted octanol–water partition coefficient (Wildman–Crippen LogP) is 3.29. The molecule has 1 aliphatic rings. The summed E-state index contributed by atoms with van der Waals surface area (Å²) >= 11 is 5.77. The van der Waals surface area contributed by atoms with Crippen molar-refractivity contribution >= 4 is 46.0 Å². The number of urea groups is 1. The number of nitrogens with one attached hydrogen (secondary N) is 2. The van der Waals surface area contributed by atoms with E-state index in [0.717, 1.165) is 15.7 Å². The van der Waals surface area contributed by atoms with Crippen molar-refractivity contribution in [3.63, 3.8) is 0 Å². The number of amides is 4. The molecule has 1 atom stereocenters. The van der Waals surface area contributed by atoms with Crippen LogP contribution in [-0.4, -0.2) is 34.3 Å². The highest BCUT2D eigenvalue weighted by Crippen LogP contribution is 2.31. The molecule has 0 bridgehead atoms. The lowest BCUT2D eigenvalue weighted by Crippen LogP contribution is -2.42. The summed E-state index contributed by atoms with van der Waals surface area (Å²) < 4.78 is 0. The normalized spacial score (nSPS) is 18.8. The van der Waals surface area contributed by atoms with Gasteiger partial charge in [0.25, 0.3) is 5.91 Å². The number of imide groups is 1. The fourth-order valence-corrected chi connectivity index (χ4v) is 3.42. The summed E-state index contributed by atoms with van der Waals surface area (Å²) in [6.45, 7) is 1.22. The van der Waals surface area contributed by atoms with Gasteiger partial charge in [-0.25, -0.2) is 9.78 Å². The van der Waals surface area contributed by atoms with Crippen LogP contribution in [0.15, 0.2) is 60.8 Å². The average Bonchev–Trinajstić information content (AvgIpc) is 2.93. The molecule has 146 valence electrons. The lowest BCUT2D eigenvalue weighted by atomic mass is 9.90. The van der Waals surface area contributed by atoms with E-state index >= 15 is 0 Å². The minimum absolute atomic E-state index is 0.281. The molecule has 1 aromatic heterocycles. The van der Waals surface area contributed by atoms with Crippen molar-refractivity contribution in [2.45, 2.75) is 12.5 Å². The molecule has 0 radical (unpaired) electrons. The third-order valence-corrected chi connectivity index (χ3v) is 5.12. The maximum absolute atomic E-state index is 13.0. The van der Waals surface area contributed by atoms with Crippen LogP contribution in [0.1, 0.15) is 12.5 Å². The quantitative estimate of drug-likeness (QED) is 0.648. The van der Waals surface area contributed by atoms with Crippen LogP contribution in [-0.2, 0) is 15.1 Å². The minimum atomic E-state index is -1.25. The van der Waals surface area contributed by atoms with Crippen LogP contribution < -0.4 is 10.6 Å². The molecule has 7 nitrogen and oxygen atoms in total. The summed E-state index contributed by atoms with van der Waals surface area (Å²) in [5.41, 5.74) is -0.600. The predicted molar refractivity (Wildman–Crippen MR) is 109 cm³/mol. The summed E-state index contributed by atoms with van der Waals surface area (Å²) in [7, 11) is 0. The van der Waals surface area contributed by atoms with Crippen molar-refractivity contribution in [3.8, 4) is 0 Å². The number of halogens is 1. The van der Waals surface area contributed by atoms with E-state index in [2.05, 4.69) is 15.6 Å². The van der Waals surface area contributed by atoms with Crippen LogP contribution >= 0.6 is 11.6 Å². The summed E-state index contributed by atoms with van der Waals surface area (Å²) in [6.07, 6.45) is 1.39. The zero-order valence-electron chi connectivity index (χ0n) is 15.5. The molecule has 2 heterocycles. The molecule has 1 unspecified atom stereocenters. The molecule has 1 fully saturated rings. The number of hydrogen-bond acceptors (Lipinski definition) is 4. The third kappa shape index (κ3) is 3.52. The SMILES string of the molecule is CC1(c2ccc3ccccc3c2)NC(=O)N(CC(=O)Nc2ccc(Cl)cn2)C1=O. The van der Waals surface area contributed by atoms with Gasteiger partial charge in [0.15, 0.2) is 0 Å². The van der Waals surface area contributed by atoms with Gasteiger partial charge >= 0.3 is 6.03 Å². The second-order valence-corrected chi connectivity index (χ2v) is 7.35. The highest BCUT2D eigenvalue weighted by molar-refractivity contribution is 6.30. The molecule has 0 saturated carbocycles. The van der Waals surface area contributed by atoms with Crippen LogP contribution in [0.5, 0.6) is 0 Å². The minimum Gasteiger partial charge on any atom is -0.319 e. The Hall–Kier alpha value is -3.45. The zero-order chi connectivity index (χ0) is 20.6. The number of hydrogen-bond donors (Lipinski definition) is 2. The molecular weight excluding hydrogens is 392 g/mol. The number of carbonyl (C=O) groups excluding carboxylic acids is 3. The second-order valence-electron chi connectivity index (χ2n) is 6.92. The number of rotatable bonds is 4. The highest BCUT2D eigenvalue weighted by Gasteiger charge is 2.49. The van der Waals surface area contributed by atoms with E-state index < -0.39 is 29.9 Å². The Morgan fingerprint density at radius 3 is 2.62 bits per heavy atom. The van der Waals surface area contributed by atoms with Gasteiger partial charge in [-0.1, -0.05) is 48.0 Å². The fraction of sp³-hybridized carbons (Fsp3) is 0.143. The number of carbonyl (C=O) groups is 3. The number of nitrogens with zero attached hydrogens (tertiary/aromatic N) is 2. The molecule has 1 saturated heterocycles. The number of anilines is 1. The molecule has 4 rings (SSSR count). The Morgan fingerprint density at radius 1 is 1.14 bits per heavy atom. The van der Waals surface area contributed by atoms with E-state index in [1.165, 1.54) is 12.3 Å². The van der Waals surface area contributed by atoms with Crippen molar-refractivity contribution in [1.82, 2.24) is 15.2 Å². The number of pyridine rings is 1. The lowest BCUT2D eigenvalue weighted by Gasteiger charge is -2.22. The smallest absolute Gasteiger partial charge is 0.319 e. The van der Waals surface area contributed by atoms with Crippen LogP contribution in [0.25, 0.3) is 10.8 Å². The van der Waals surface area contributed by atoms with E-state index in [9.17, 15) is 14.4 Å². The summed E-state index contributed by atoms with van der Waals surface area (Å²) in [5, 5.41) is 7.68. The average molecular weight is 409 g/mol. The Bertz CT molecular complexity index is 1130. The Morgan fingerprint density at radius 2 is 1.90 bits per heavy atom. The molecule has 2 aromatic carbocycles. The summed E-state index contributed by atoms with van der Waals surface area (Å²) in [4.78, 5) is 42.7. The van der Waals surface area contributed by atoms with Crippen LogP contribution in [0.4, 0.5) is 10.6 Å². The first-order valence-electron chi connectivity index (χ1n) is 8.91. The van der Waals surface area contributed by atoms with Gasteiger partial charge in [-0.3, -0.25) is 14.5 Å². The van der Waals surface area contributed by atoms with Gasteiger partial charge in [-0.15, -0.1) is 0 Å². The van der Waals surface area contributed by atoms with Crippen molar-refractivity contribution in [3.05, 3.63) is 71.4 Å².